The van der Waals surface area contributed by atoms with Crippen molar-refractivity contribution in [1.29, 1.82) is 0 Å². The van der Waals surface area contributed by atoms with Crippen LogP contribution in [0.4, 0.5) is 5.69 Å². The second-order valence-corrected chi connectivity index (χ2v) is 4.94. The molecule has 0 radical (unpaired) electrons. The molecule has 0 saturated carbocycles. The van der Waals surface area contributed by atoms with E-state index in [1.165, 1.54) is 18.5 Å². The number of hydrogen-bond donors (Lipinski definition) is 4. The average molecular weight is 459 g/mol. The summed E-state index contributed by atoms with van der Waals surface area (Å²) in [5.41, 5.74) is 0.612. The van der Waals surface area contributed by atoms with E-state index in [-0.39, 0.29) is 42.2 Å². The van der Waals surface area contributed by atoms with Crippen molar-refractivity contribution in [2.24, 2.45) is 12.0 Å². The lowest BCUT2D eigenvalue weighted by molar-refractivity contribution is -0.115. The van der Waals surface area contributed by atoms with Crippen molar-refractivity contribution < 1.29 is 9.90 Å². The SMILES string of the molecule is CCNC(=NCc1ncnn1C)NCC(=O)Nc1ccc(O)cc1.I. The summed E-state index contributed by atoms with van der Waals surface area (Å²) in [5, 5.41) is 21.9. The Morgan fingerprint density at radius 2 is 2.00 bits per heavy atom. The predicted octanol–water partition coefficient (Wildman–Crippen LogP) is 0.832. The summed E-state index contributed by atoms with van der Waals surface area (Å²) in [6, 6.07) is 6.27. The molecule has 0 aliphatic rings. The fraction of sp³-hybridized carbons (Fsp3) is 0.333. The van der Waals surface area contributed by atoms with Gasteiger partial charge in [-0.3, -0.25) is 9.48 Å². The van der Waals surface area contributed by atoms with Gasteiger partial charge in [-0.1, -0.05) is 0 Å². The maximum Gasteiger partial charge on any atom is 0.243 e. The van der Waals surface area contributed by atoms with Gasteiger partial charge in [-0.25, -0.2) is 9.98 Å². The standard InChI is InChI=1S/C15H21N7O2.HI/c1-3-16-15(17-8-13-19-10-20-22(13)2)18-9-14(24)21-11-4-6-12(23)7-5-11;/h4-7,10,23H,3,8-9H2,1-2H3,(H,21,24)(H2,16,17,18);1H. The summed E-state index contributed by atoms with van der Waals surface area (Å²) in [6.45, 7) is 3.03. The minimum absolute atomic E-state index is 0. The minimum Gasteiger partial charge on any atom is -0.508 e. The zero-order chi connectivity index (χ0) is 17.4. The predicted molar refractivity (Wildman–Crippen MR) is 106 cm³/mol. The maximum absolute atomic E-state index is 11.9. The highest BCUT2D eigenvalue weighted by Gasteiger charge is 2.05. The molecule has 0 unspecified atom stereocenters. The van der Waals surface area contributed by atoms with Gasteiger partial charge in [-0.15, -0.1) is 24.0 Å². The van der Waals surface area contributed by atoms with Crippen molar-refractivity contribution in [1.82, 2.24) is 25.4 Å². The first-order valence-corrected chi connectivity index (χ1v) is 7.52. The Hall–Kier alpha value is -2.37. The summed E-state index contributed by atoms with van der Waals surface area (Å²) in [6.07, 6.45) is 1.47. The molecule has 1 aromatic heterocycles. The lowest BCUT2D eigenvalue weighted by Gasteiger charge is -2.11. The largest absolute Gasteiger partial charge is 0.508 e. The Morgan fingerprint density at radius 1 is 1.28 bits per heavy atom. The van der Waals surface area contributed by atoms with Crippen molar-refractivity contribution >= 4 is 41.5 Å². The van der Waals surface area contributed by atoms with Crippen LogP contribution >= 0.6 is 24.0 Å². The van der Waals surface area contributed by atoms with Gasteiger partial charge in [0, 0.05) is 19.3 Å². The molecule has 25 heavy (non-hydrogen) atoms. The van der Waals surface area contributed by atoms with Crippen molar-refractivity contribution in [3.05, 3.63) is 36.4 Å². The van der Waals surface area contributed by atoms with Gasteiger partial charge in [-0.05, 0) is 31.2 Å². The zero-order valence-electron chi connectivity index (χ0n) is 14.1. The molecule has 0 bridgehead atoms. The smallest absolute Gasteiger partial charge is 0.243 e. The number of hydrogen-bond acceptors (Lipinski definition) is 5. The second kappa shape index (κ2) is 10.5. The Labute approximate surface area is 163 Å². The Bertz CT molecular complexity index is 700. The van der Waals surface area contributed by atoms with E-state index in [4.69, 9.17) is 0 Å². The molecule has 0 spiro atoms. The van der Waals surface area contributed by atoms with Crippen LogP contribution in [0.1, 0.15) is 12.7 Å². The minimum atomic E-state index is -0.218. The van der Waals surface area contributed by atoms with Crippen molar-refractivity contribution in [3.8, 4) is 5.75 Å². The molecule has 1 amide bonds. The summed E-state index contributed by atoms with van der Waals surface area (Å²) in [7, 11) is 1.79. The first-order valence-electron chi connectivity index (χ1n) is 7.52. The van der Waals surface area contributed by atoms with Gasteiger partial charge in [0.1, 0.15) is 24.4 Å². The molecule has 1 aromatic carbocycles. The molecule has 2 rings (SSSR count). The molecule has 9 nitrogen and oxygen atoms in total. The Balaban J connectivity index is 0.00000312. The molecule has 136 valence electrons. The van der Waals surface area contributed by atoms with E-state index in [0.717, 1.165) is 5.82 Å². The molecular weight excluding hydrogens is 437 g/mol. The van der Waals surface area contributed by atoms with E-state index >= 15 is 0 Å². The highest BCUT2D eigenvalue weighted by molar-refractivity contribution is 14.0. The number of carbonyl (C=O) groups is 1. The number of nitrogens with one attached hydrogen (secondary N) is 3. The molecule has 0 aliphatic heterocycles. The number of amides is 1. The molecule has 0 atom stereocenters. The van der Waals surface area contributed by atoms with E-state index in [0.29, 0.717) is 24.7 Å². The highest BCUT2D eigenvalue weighted by Crippen LogP contribution is 2.13. The van der Waals surface area contributed by atoms with Crippen LogP contribution in [0.5, 0.6) is 5.75 Å². The molecule has 0 saturated heterocycles. The highest BCUT2D eigenvalue weighted by atomic mass is 127. The number of nitrogens with zero attached hydrogens (tertiary/aromatic N) is 4. The average Bonchev–Trinajstić information content (AvgIpc) is 2.97. The number of guanidine groups is 1. The van der Waals surface area contributed by atoms with Crippen molar-refractivity contribution in [2.75, 3.05) is 18.4 Å². The summed E-state index contributed by atoms with van der Waals surface area (Å²) < 4.78 is 1.64. The zero-order valence-corrected chi connectivity index (χ0v) is 16.4. The summed E-state index contributed by atoms with van der Waals surface area (Å²) >= 11 is 0. The van der Waals surface area contributed by atoms with Crippen LogP contribution in [0.2, 0.25) is 0 Å². The number of aryl methyl sites for hydroxylation is 1. The fourth-order valence-corrected chi connectivity index (χ4v) is 1.87. The van der Waals surface area contributed by atoms with Crippen LogP contribution in [-0.2, 0) is 18.4 Å². The van der Waals surface area contributed by atoms with Gasteiger partial charge in [0.25, 0.3) is 0 Å². The van der Waals surface area contributed by atoms with Gasteiger partial charge in [0.2, 0.25) is 5.91 Å². The Morgan fingerprint density at radius 3 is 2.60 bits per heavy atom. The van der Waals surface area contributed by atoms with E-state index in [1.807, 2.05) is 6.92 Å². The van der Waals surface area contributed by atoms with Gasteiger partial charge < -0.3 is 21.1 Å². The van der Waals surface area contributed by atoms with Gasteiger partial charge >= 0.3 is 0 Å². The molecule has 10 heteroatoms. The number of anilines is 1. The molecule has 0 aliphatic carbocycles. The summed E-state index contributed by atoms with van der Waals surface area (Å²) in [4.78, 5) is 20.4. The van der Waals surface area contributed by atoms with Gasteiger partial charge in [0.15, 0.2) is 5.96 Å². The number of carbonyl (C=O) groups excluding carboxylic acids is 1. The number of halogens is 1. The van der Waals surface area contributed by atoms with Crippen LogP contribution in [0.25, 0.3) is 0 Å². The molecule has 1 heterocycles. The first kappa shape index (κ1) is 20.7. The van der Waals surface area contributed by atoms with Crippen molar-refractivity contribution in [2.45, 2.75) is 13.5 Å². The number of aromatic nitrogens is 3. The third kappa shape index (κ3) is 6.95. The second-order valence-electron chi connectivity index (χ2n) is 4.94. The van der Waals surface area contributed by atoms with E-state index < -0.39 is 0 Å². The number of phenolic OH excluding ortho intramolecular Hbond substituents is 1. The number of aliphatic imine (C=N–C) groups is 1. The number of benzene rings is 1. The normalized spacial score (nSPS) is 10.7. The number of aromatic hydroxyl groups is 1. The van der Waals surface area contributed by atoms with Crippen LogP contribution in [0.3, 0.4) is 0 Å². The fourth-order valence-electron chi connectivity index (χ4n) is 1.87. The van der Waals surface area contributed by atoms with Gasteiger partial charge in [-0.2, -0.15) is 5.10 Å². The van der Waals surface area contributed by atoms with Crippen LogP contribution in [0.15, 0.2) is 35.6 Å². The van der Waals surface area contributed by atoms with E-state index in [2.05, 4.69) is 31.0 Å². The van der Waals surface area contributed by atoms with Crippen LogP contribution < -0.4 is 16.0 Å². The Kier molecular flexibility index (Phi) is 8.67. The van der Waals surface area contributed by atoms with E-state index in [9.17, 15) is 9.90 Å². The molecular formula is C15H22IN7O2. The maximum atomic E-state index is 11.9. The number of phenols is 1. The monoisotopic (exact) mass is 459 g/mol. The first-order chi connectivity index (χ1) is 11.6. The third-order valence-corrected chi connectivity index (χ3v) is 3.10. The van der Waals surface area contributed by atoms with Crippen LogP contribution in [0, 0.1) is 0 Å². The van der Waals surface area contributed by atoms with Gasteiger partial charge in [0.05, 0.1) is 6.54 Å². The number of rotatable bonds is 6. The molecule has 2 aromatic rings. The van der Waals surface area contributed by atoms with E-state index in [1.54, 1.807) is 23.9 Å². The third-order valence-electron chi connectivity index (χ3n) is 3.10. The molecule has 0 fully saturated rings. The quantitative estimate of drug-likeness (QED) is 0.220. The molecule has 4 N–H and O–H groups in total. The topological polar surface area (TPSA) is 116 Å². The van der Waals surface area contributed by atoms with Crippen LogP contribution in [-0.4, -0.2) is 44.8 Å². The van der Waals surface area contributed by atoms with Crippen molar-refractivity contribution in [3.63, 3.8) is 0 Å². The summed E-state index contributed by atoms with van der Waals surface area (Å²) in [5.74, 6) is 1.17. The lowest BCUT2D eigenvalue weighted by atomic mass is 10.3. The lowest BCUT2D eigenvalue weighted by Crippen LogP contribution is -2.41.